The van der Waals surface area contributed by atoms with Crippen LogP contribution in [-0.4, -0.2) is 29.3 Å². The van der Waals surface area contributed by atoms with Crippen LogP contribution in [0.1, 0.15) is 13.3 Å². The van der Waals surface area contributed by atoms with E-state index >= 15 is 0 Å². The van der Waals surface area contributed by atoms with Crippen molar-refractivity contribution in [2.75, 3.05) is 18.0 Å². The summed E-state index contributed by atoms with van der Waals surface area (Å²) in [5, 5.41) is 9.56. The van der Waals surface area contributed by atoms with Crippen LogP contribution < -0.4 is 4.90 Å². The van der Waals surface area contributed by atoms with Crippen molar-refractivity contribution in [2.24, 2.45) is 5.92 Å². The first kappa shape index (κ1) is 12.3. The van der Waals surface area contributed by atoms with E-state index in [2.05, 4.69) is 41.7 Å². The Labute approximate surface area is 112 Å². The molecule has 0 aliphatic carbocycles. The number of hydrogen-bond donors (Lipinski definition) is 1. The zero-order valence-electron chi connectivity index (χ0n) is 9.03. The van der Waals surface area contributed by atoms with Gasteiger partial charge in [-0.3, -0.25) is 0 Å². The first-order valence-electron chi connectivity index (χ1n) is 5.32. The van der Waals surface area contributed by atoms with Crippen LogP contribution in [0.3, 0.4) is 0 Å². The molecule has 1 aliphatic heterocycles. The molecule has 1 saturated heterocycles. The number of aromatic nitrogens is 1. The number of pyridine rings is 1. The average Bonchev–Trinajstić information content (AvgIpc) is 2.66. The molecule has 1 aromatic rings. The first-order chi connectivity index (χ1) is 7.58. The van der Waals surface area contributed by atoms with Crippen molar-refractivity contribution in [2.45, 2.75) is 19.4 Å². The lowest BCUT2D eigenvalue weighted by atomic mass is 10.0. The number of nitrogens with zero attached hydrogens (tertiary/aromatic N) is 2. The molecule has 0 bridgehead atoms. The minimum absolute atomic E-state index is 0.237. The summed E-state index contributed by atoms with van der Waals surface area (Å²) in [6.45, 7) is 3.70. The van der Waals surface area contributed by atoms with E-state index in [9.17, 15) is 5.11 Å². The Morgan fingerprint density at radius 1 is 1.56 bits per heavy atom. The van der Waals surface area contributed by atoms with Crippen molar-refractivity contribution in [1.82, 2.24) is 4.98 Å². The second-order valence-corrected chi connectivity index (χ2v) is 5.96. The fourth-order valence-electron chi connectivity index (χ4n) is 2.01. The SMILES string of the molecule is CC(O)C1CCN(c2ncc(Br)cc2Br)C1. The van der Waals surface area contributed by atoms with Crippen LogP contribution in [0.5, 0.6) is 0 Å². The van der Waals surface area contributed by atoms with E-state index in [1.54, 1.807) is 6.20 Å². The topological polar surface area (TPSA) is 36.4 Å². The smallest absolute Gasteiger partial charge is 0.142 e. The van der Waals surface area contributed by atoms with Gasteiger partial charge in [-0.2, -0.15) is 0 Å². The Hall–Kier alpha value is -0.130. The largest absolute Gasteiger partial charge is 0.393 e. The van der Waals surface area contributed by atoms with Crippen molar-refractivity contribution in [1.29, 1.82) is 0 Å². The van der Waals surface area contributed by atoms with E-state index in [-0.39, 0.29) is 6.10 Å². The normalized spacial score (nSPS) is 22.5. The van der Waals surface area contributed by atoms with Crippen molar-refractivity contribution >= 4 is 37.7 Å². The van der Waals surface area contributed by atoms with E-state index in [0.717, 1.165) is 34.3 Å². The molecule has 0 spiro atoms. The zero-order valence-corrected chi connectivity index (χ0v) is 12.2. The summed E-state index contributed by atoms with van der Waals surface area (Å²) in [6, 6.07) is 2.00. The number of aliphatic hydroxyl groups excluding tert-OH is 1. The Kier molecular flexibility index (Phi) is 3.87. The molecule has 3 nitrogen and oxygen atoms in total. The molecule has 88 valence electrons. The summed E-state index contributed by atoms with van der Waals surface area (Å²) in [4.78, 5) is 6.62. The minimum Gasteiger partial charge on any atom is -0.393 e. The molecule has 16 heavy (non-hydrogen) atoms. The highest BCUT2D eigenvalue weighted by Crippen LogP contribution is 2.31. The number of rotatable bonds is 2. The van der Waals surface area contributed by atoms with Crippen LogP contribution in [0.15, 0.2) is 21.2 Å². The molecular formula is C11H14Br2N2O. The molecule has 2 unspecified atom stereocenters. The number of aliphatic hydroxyl groups is 1. The highest BCUT2D eigenvalue weighted by molar-refractivity contribution is 9.11. The van der Waals surface area contributed by atoms with Gasteiger partial charge in [0.1, 0.15) is 5.82 Å². The molecule has 1 N–H and O–H groups in total. The van der Waals surface area contributed by atoms with E-state index < -0.39 is 0 Å². The number of anilines is 1. The third kappa shape index (κ3) is 2.57. The highest BCUT2D eigenvalue weighted by atomic mass is 79.9. The van der Waals surface area contributed by atoms with Gasteiger partial charge in [0.2, 0.25) is 0 Å². The Bertz CT molecular complexity index is 384. The van der Waals surface area contributed by atoms with Crippen LogP contribution in [0.25, 0.3) is 0 Å². The van der Waals surface area contributed by atoms with Crippen LogP contribution in [-0.2, 0) is 0 Å². The van der Waals surface area contributed by atoms with Gasteiger partial charge in [-0.25, -0.2) is 4.98 Å². The molecule has 2 heterocycles. The molecular weight excluding hydrogens is 336 g/mol. The maximum absolute atomic E-state index is 9.56. The molecule has 2 atom stereocenters. The van der Waals surface area contributed by atoms with E-state index in [4.69, 9.17) is 0 Å². The number of hydrogen-bond acceptors (Lipinski definition) is 3. The van der Waals surface area contributed by atoms with Gasteiger partial charge in [-0.1, -0.05) is 0 Å². The summed E-state index contributed by atoms with van der Waals surface area (Å²) in [6.07, 6.45) is 2.59. The van der Waals surface area contributed by atoms with Gasteiger partial charge in [0.15, 0.2) is 0 Å². The summed E-state index contributed by atoms with van der Waals surface area (Å²) >= 11 is 6.91. The van der Waals surface area contributed by atoms with Gasteiger partial charge in [-0.15, -0.1) is 0 Å². The van der Waals surface area contributed by atoms with E-state index in [0.29, 0.717) is 5.92 Å². The minimum atomic E-state index is -0.237. The Morgan fingerprint density at radius 3 is 2.88 bits per heavy atom. The van der Waals surface area contributed by atoms with Gasteiger partial charge in [-0.05, 0) is 51.3 Å². The summed E-state index contributed by atoms with van der Waals surface area (Å²) in [5.74, 6) is 1.32. The lowest BCUT2D eigenvalue weighted by molar-refractivity contribution is 0.136. The van der Waals surface area contributed by atoms with Crippen LogP contribution in [0, 0.1) is 5.92 Å². The van der Waals surface area contributed by atoms with Gasteiger partial charge in [0.25, 0.3) is 0 Å². The molecule has 1 fully saturated rings. The van der Waals surface area contributed by atoms with Gasteiger partial charge in [0.05, 0.1) is 10.6 Å². The molecule has 0 amide bonds. The van der Waals surface area contributed by atoms with Gasteiger partial charge >= 0.3 is 0 Å². The molecule has 0 radical (unpaired) electrons. The van der Waals surface area contributed by atoms with Gasteiger partial charge in [0, 0.05) is 29.7 Å². The third-order valence-electron chi connectivity index (χ3n) is 2.99. The lowest BCUT2D eigenvalue weighted by Gasteiger charge is -2.19. The molecule has 0 aromatic carbocycles. The molecule has 1 aliphatic rings. The maximum atomic E-state index is 9.56. The van der Waals surface area contributed by atoms with Crippen molar-refractivity contribution in [3.05, 3.63) is 21.2 Å². The predicted molar refractivity (Wildman–Crippen MR) is 71.6 cm³/mol. The molecule has 1 aromatic heterocycles. The predicted octanol–water partition coefficient (Wildman–Crippen LogP) is 2.81. The monoisotopic (exact) mass is 348 g/mol. The Balaban J connectivity index is 2.14. The van der Waals surface area contributed by atoms with E-state index in [1.165, 1.54) is 0 Å². The van der Waals surface area contributed by atoms with Crippen molar-refractivity contribution in [3.63, 3.8) is 0 Å². The van der Waals surface area contributed by atoms with Crippen LogP contribution >= 0.6 is 31.9 Å². The second-order valence-electron chi connectivity index (χ2n) is 4.19. The van der Waals surface area contributed by atoms with E-state index in [1.807, 2.05) is 13.0 Å². The zero-order chi connectivity index (χ0) is 11.7. The van der Waals surface area contributed by atoms with Crippen molar-refractivity contribution < 1.29 is 5.11 Å². The molecule has 2 rings (SSSR count). The van der Waals surface area contributed by atoms with Crippen LogP contribution in [0.2, 0.25) is 0 Å². The maximum Gasteiger partial charge on any atom is 0.142 e. The second kappa shape index (κ2) is 5.02. The highest BCUT2D eigenvalue weighted by Gasteiger charge is 2.27. The third-order valence-corrected chi connectivity index (χ3v) is 4.01. The first-order valence-corrected chi connectivity index (χ1v) is 6.90. The summed E-state index contributed by atoms with van der Waals surface area (Å²) < 4.78 is 1.96. The van der Waals surface area contributed by atoms with Crippen LogP contribution in [0.4, 0.5) is 5.82 Å². The fraction of sp³-hybridized carbons (Fsp3) is 0.545. The quantitative estimate of drug-likeness (QED) is 0.891. The average molecular weight is 350 g/mol. The standard InChI is InChI=1S/C11H14Br2N2O/c1-7(16)8-2-3-15(6-8)11-10(13)4-9(12)5-14-11/h4-5,7-8,16H,2-3,6H2,1H3. The number of halogens is 2. The summed E-state index contributed by atoms with van der Waals surface area (Å²) in [7, 11) is 0. The Morgan fingerprint density at radius 2 is 2.31 bits per heavy atom. The van der Waals surface area contributed by atoms with Crippen molar-refractivity contribution in [3.8, 4) is 0 Å². The molecule has 0 saturated carbocycles. The van der Waals surface area contributed by atoms with Gasteiger partial charge < -0.3 is 10.0 Å². The fourth-order valence-corrected chi connectivity index (χ4v) is 3.25. The lowest BCUT2D eigenvalue weighted by Crippen LogP contribution is -2.24. The molecule has 5 heteroatoms. The summed E-state index contributed by atoms with van der Waals surface area (Å²) in [5.41, 5.74) is 0.